The lowest BCUT2D eigenvalue weighted by Crippen LogP contribution is -2.29. The lowest BCUT2D eigenvalue weighted by molar-refractivity contribution is -0.117. The Morgan fingerprint density at radius 1 is 1.08 bits per heavy atom. The van der Waals surface area contributed by atoms with Crippen LogP contribution in [0.25, 0.3) is 0 Å². The summed E-state index contributed by atoms with van der Waals surface area (Å²) in [6, 6.07) is 7.27. The molecule has 0 aliphatic rings. The number of rotatable bonds is 7. The molecule has 0 saturated carbocycles. The number of hydrogen-bond donors (Lipinski definition) is 2. The Balaban J connectivity index is 2.06. The van der Waals surface area contributed by atoms with Gasteiger partial charge in [-0.15, -0.1) is 0 Å². The molecule has 0 atom stereocenters. The van der Waals surface area contributed by atoms with Crippen molar-refractivity contribution in [2.24, 2.45) is 5.73 Å². The number of nitrogens with one attached hydrogen (secondary N) is 1. The van der Waals surface area contributed by atoms with Gasteiger partial charge >= 0.3 is 0 Å². The minimum atomic E-state index is -1.12. The number of hydrogen-bond acceptors (Lipinski definition) is 3. The van der Waals surface area contributed by atoms with Gasteiger partial charge in [-0.05, 0) is 17.7 Å². The molecule has 0 spiro atoms. The van der Waals surface area contributed by atoms with Gasteiger partial charge in [0.25, 0.3) is 5.91 Å². The maximum atomic E-state index is 14.0. The average Bonchev–Trinajstić information content (AvgIpc) is 2.52. The third-order valence-corrected chi connectivity index (χ3v) is 3.19. The van der Waals surface area contributed by atoms with Crippen molar-refractivity contribution in [3.63, 3.8) is 0 Å². The molecule has 0 fully saturated rings. The smallest absolute Gasteiger partial charge is 0.257 e. The molecular formula is C17H15F3N2O3. The zero-order chi connectivity index (χ0) is 18.4. The van der Waals surface area contributed by atoms with E-state index in [0.29, 0.717) is 5.56 Å². The molecule has 0 unspecified atom stereocenters. The van der Waals surface area contributed by atoms with Crippen molar-refractivity contribution in [2.75, 3.05) is 6.54 Å². The molecular weight excluding hydrogens is 337 g/mol. The second-order valence-electron chi connectivity index (χ2n) is 5.15. The quantitative estimate of drug-likeness (QED) is 0.802. The molecule has 2 rings (SSSR count). The lowest BCUT2D eigenvalue weighted by atomic mass is 10.1. The molecule has 2 amide bonds. The molecule has 2 aromatic carbocycles. The average molecular weight is 352 g/mol. The third-order valence-electron chi connectivity index (χ3n) is 3.19. The van der Waals surface area contributed by atoms with Crippen molar-refractivity contribution in [3.05, 3.63) is 65.0 Å². The molecule has 0 aliphatic carbocycles. The Kier molecular flexibility index (Phi) is 5.99. The van der Waals surface area contributed by atoms with Crippen LogP contribution in [0.5, 0.6) is 5.75 Å². The van der Waals surface area contributed by atoms with E-state index in [0.717, 1.165) is 12.1 Å². The predicted molar refractivity (Wildman–Crippen MR) is 83.2 cm³/mol. The maximum absolute atomic E-state index is 14.0. The molecule has 3 N–H and O–H groups in total. The highest BCUT2D eigenvalue weighted by atomic mass is 19.1. The first kappa shape index (κ1) is 18.3. The van der Waals surface area contributed by atoms with Gasteiger partial charge in [0.15, 0.2) is 0 Å². The molecule has 0 saturated heterocycles. The lowest BCUT2D eigenvalue weighted by Gasteiger charge is -2.10. The van der Waals surface area contributed by atoms with Crippen molar-refractivity contribution in [1.82, 2.24) is 5.32 Å². The second kappa shape index (κ2) is 8.18. The van der Waals surface area contributed by atoms with Crippen molar-refractivity contribution in [3.8, 4) is 5.75 Å². The Morgan fingerprint density at radius 3 is 2.36 bits per heavy atom. The minimum absolute atomic E-state index is 0.0964. The van der Waals surface area contributed by atoms with Gasteiger partial charge < -0.3 is 15.8 Å². The van der Waals surface area contributed by atoms with Crippen LogP contribution in [0.15, 0.2) is 36.4 Å². The van der Waals surface area contributed by atoms with Gasteiger partial charge in [0.1, 0.15) is 35.4 Å². The standard InChI is InChI=1S/C17H15F3N2O3/c18-11-3-1-2-10(6-11)9-25-12-7-13(19)16(14(20)8-12)17(24)22-5-4-15(21)23/h1-3,6-8H,4-5,9H2,(H2,21,23)(H,22,24). The van der Waals surface area contributed by atoms with Crippen LogP contribution in [0.2, 0.25) is 0 Å². The Hall–Kier alpha value is -3.03. The van der Waals surface area contributed by atoms with Crippen LogP contribution in [-0.4, -0.2) is 18.4 Å². The van der Waals surface area contributed by atoms with Gasteiger partial charge in [0.05, 0.1) is 0 Å². The fourth-order valence-corrected chi connectivity index (χ4v) is 2.03. The second-order valence-corrected chi connectivity index (χ2v) is 5.15. The Morgan fingerprint density at radius 2 is 1.76 bits per heavy atom. The number of carbonyl (C=O) groups excluding carboxylic acids is 2. The van der Waals surface area contributed by atoms with E-state index in [1.54, 1.807) is 6.07 Å². The summed E-state index contributed by atoms with van der Waals surface area (Å²) in [6.45, 7) is -0.230. The summed E-state index contributed by atoms with van der Waals surface area (Å²) < 4.78 is 46.3. The maximum Gasteiger partial charge on any atom is 0.257 e. The zero-order valence-corrected chi connectivity index (χ0v) is 13.0. The molecule has 132 valence electrons. The summed E-state index contributed by atoms with van der Waals surface area (Å²) in [6.07, 6.45) is -0.149. The molecule has 0 aliphatic heterocycles. The number of halogens is 3. The van der Waals surface area contributed by atoms with E-state index in [1.165, 1.54) is 18.2 Å². The SMILES string of the molecule is NC(=O)CCNC(=O)c1c(F)cc(OCc2cccc(F)c2)cc1F. The predicted octanol–water partition coefficient (Wildman–Crippen LogP) is 2.29. The van der Waals surface area contributed by atoms with E-state index >= 15 is 0 Å². The van der Waals surface area contributed by atoms with Crippen LogP contribution in [0.3, 0.4) is 0 Å². The molecule has 0 aromatic heterocycles. The van der Waals surface area contributed by atoms with Crippen molar-refractivity contribution in [2.45, 2.75) is 13.0 Å². The molecule has 2 aromatic rings. The highest BCUT2D eigenvalue weighted by molar-refractivity contribution is 5.95. The van der Waals surface area contributed by atoms with Gasteiger partial charge in [-0.25, -0.2) is 13.2 Å². The van der Waals surface area contributed by atoms with Crippen LogP contribution in [0.1, 0.15) is 22.3 Å². The van der Waals surface area contributed by atoms with E-state index < -0.39 is 34.8 Å². The number of primary amides is 1. The third kappa shape index (κ3) is 5.23. The highest BCUT2D eigenvalue weighted by Crippen LogP contribution is 2.22. The summed E-state index contributed by atoms with van der Waals surface area (Å²) >= 11 is 0. The first-order valence-corrected chi connectivity index (χ1v) is 7.29. The Labute approximate surface area is 141 Å². The summed E-state index contributed by atoms with van der Waals surface area (Å²) in [5.41, 5.74) is 4.60. The van der Waals surface area contributed by atoms with Crippen molar-refractivity contribution < 1.29 is 27.5 Å². The van der Waals surface area contributed by atoms with Crippen LogP contribution >= 0.6 is 0 Å². The molecule has 8 heteroatoms. The van der Waals surface area contributed by atoms with E-state index in [2.05, 4.69) is 5.32 Å². The van der Waals surface area contributed by atoms with Gasteiger partial charge in [-0.2, -0.15) is 0 Å². The van der Waals surface area contributed by atoms with E-state index in [1.807, 2.05) is 0 Å². The molecule has 0 radical (unpaired) electrons. The number of ether oxygens (including phenoxy) is 1. The van der Waals surface area contributed by atoms with Gasteiger partial charge in [0.2, 0.25) is 5.91 Å². The minimum Gasteiger partial charge on any atom is -0.489 e. The van der Waals surface area contributed by atoms with Gasteiger partial charge in [0, 0.05) is 25.1 Å². The fourth-order valence-electron chi connectivity index (χ4n) is 2.03. The van der Waals surface area contributed by atoms with Gasteiger partial charge in [-0.1, -0.05) is 12.1 Å². The van der Waals surface area contributed by atoms with Crippen molar-refractivity contribution >= 4 is 11.8 Å². The van der Waals surface area contributed by atoms with Crippen LogP contribution in [0, 0.1) is 17.5 Å². The van der Waals surface area contributed by atoms with Crippen molar-refractivity contribution in [1.29, 1.82) is 0 Å². The zero-order valence-electron chi connectivity index (χ0n) is 13.0. The molecule has 5 nitrogen and oxygen atoms in total. The number of nitrogens with two attached hydrogens (primary N) is 1. The highest BCUT2D eigenvalue weighted by Gasteiger charge is 2.19. The largest absolute Gasteiger partial charge is 0.489 e. The normalized spacial score (nSPS) is 10.4. The van der Waals surface area contributed by atoms with Crippen LogP contribution in [0.4, 0.5) is 13.2 Å². The monoisotopic (exact) mass is 352 g/mol. The first-order valence-electron chi connectivity index (χ1n) is 7.29. The first-order chi connectivity index (χ1) is 11.9. The number of carbonyl (C=O) groups is 2. The van der Waals surface area contributed by atoms with Crippen LogP contribution < -0.4 is 15.8 Å². The van der Waals surface area contributed by atoms with Crippen LogP contribution in [-0.2, 0) is 11.4 Å². The number of benzene rings is 2. The fraction of sp³-hybridized carbons (Fsp3) is 0.176. The Bertz CT molecular complexity index is 773. The van der Waals surface area contributed by atoms with E-state index in [4.69, 9.17) is 10.5 Å². The summed E-state index contributed by atoms with van der Waals surface area (Å²) in [4.78, 5) is 22.4. The molecule has 25 heavy (non-hydrogen) atoms. The number of amides is 2. The molecule has 0 bridgehead atoms. The van der Waals surface area contributed by atoms with E-state index in [-0.39, 0.29) is 25.3 Å². The summed E-state index contributed by atoms with van der Waals surface area (Å²) in [5, 5.41) is 2.19. The summed E-state index contributed by atoms with van der Waals surface area (Å²) in [5.74, 6) is -4.50. The molecule has 0 heterocycles. The van der Waals surface area contributed by atoms with E-state index in [9.17, 15) is 22.8 Å². The van der Waals surface area contributed by atoms with Gasteiger partial charge in [-0.3, -0.25) is 9.59 Å². The topological polar surface area (TPSA) is 81.4 Å². The summed E-state index contributed by atoms with van der Waals surface area (Å²) in [7, 11) is 0.